The summed E-state index contributed by atoms with van der Waals surface area (Å²) in [6.45, 7) is 6.35. The van der Waals surface area contributed by atoms with Gasteiger partial charge in [-0.2, -0.15) is 0 Å². The second kappa shape index (κ2) is 7.66. The van der Waals surface area contributed by atoms with E-state index in [1.54, 1.807) is 13.0 Å². The molecule has 1 fully saturated rings. The highest BCUT2D eigenvalue weighted by Gasteiger charge is 2.20. The van der Waals surface area contributed by atoms with Crippen molar-refractivity contribution in [3.8, 4) is 5.88 Å². The predicted octanol–water partition coefficient (Wildman–Crippen LogP) is 2.14. The summed E-state index contributed by atoms with van der Waals surface area (Å²) in [6, 6.07) is 4.58. The molecule has 2 heterocycles. The Morgan fingerprint density at radius 3 is 2.68 bits per heavy atom. The first-order chi connectivity index (χ1) is 12.0. The fraction of sp³-hybridized carbons (Fsp3) is 0.467. The zero-order valence-corrected chi connectivity index (χ0v) is 14.5. The molecule has 1 aliphatic heterocycles. The van der Waals surface area contributed by atoms with Crippen molar-refractivity contribution in [3.63, 3.8) is 0 Å². The van der Waals surface area contributed by atoms with Crippen LogP contribution in [0.1, 0.15) is 5.69 Å². The van der Waals surface area contributed by atoms with Crippen molar-refractivity contribution < 1.29 is 14.3 Å². The Hall–Kier alpha value is -2.39. The molecule has 1 aromatic heterocycles. The Kier molecular flexibility index (Phi) is 5.34. The van der Waals surface area contributed by atoms with Gasteiger partial charge in [0.05, 0.1) is 15.6 Å². The summed E-state index contributed by atoms with van der Waals surface area (Å²) in [5.41, 5.74) is 1.47. The molecule has 1 aliphatic rings. The Labute approximate surface area is 149 Å². The standard InChI is InChI=1S/C15H18ClN5O4/c1-11-15(18-25-17-11)24-9-8-19-4-6-20(7-5-19)14-3-2-12(21(22)23)10-13(14)16/h2-3,10H,4-9H2,1H3. The lowest BCUT2D eigenvalue weighted by Crippen LogP contribution is -2.47. The largest absolute Gasteiger partial charge is 0.473 e. The summed E-state index contributed by atoms with van der Waals surface area (Å²) >= 11 is 6.20. The second-order valence-corrected chi connectivity index (χ2v) is 6.13. The van der Waals surface area contributed by atoms with Crippen molar-refractivity contribution in [2.75, 3.05) is 44.2 Å². The molecule has 1 saturated heterocycles. The van der Waals surface area contributed by atoms with Crippen molar-refractivity contribution in [2.45, 2.75) is 6.92 Å². The number of nitrogens with zero attached hydrogens (tertiary/aromatic N) is 5. The number of ether oxygens (including phenoxy) is 1. The van der Waals surface area contributed by atoms with Crippen molar-refractivity contribution in [3.05, 3.63) is 39.0 Å². The zero-order valence-electron chi connectivity index (χ0n) is 13.7. The van der Waals surface area contributed by atoms with Gasteiger partial charge in [0, 0.05) is 44.9 Å². The van der Waals surface area contributed by atoms with Gasteiger partial charge in [-0.25, -0.2) is 4.63 Å². The molecule has 0 radical (unpaired) electrons. The summed E-state index contributed by atoms with van der Waals surface area (Å²) in [5, 5.41) is 18.5. The molecule has 0 saturated carbocycles. The molecule has 0 amide bonds. The number of hydrogen-bond acceptors (Lipinski definition) is 8. The zero-order chi connectivity index (χ0) is 17.8. The van der Waals surface area contributed by atoms with Gasteiger partial charge in [0.25, 0.3) is 11.6 Å². The molecular formula is C15H18ClN5O4. The van der Waals surface area contributed by atoms with E-state index in [4.69, 9.17) is 16.3 Å². The van der Waals surface area contributed by atoms with Gasteiger partial charge in [-0.15, -0.1) is 0 Å². The van der Waals surface area contributed by atoms with Crippen molar-refractivity contribution in [1.82, 2.24) is 15.2 Å². The summed E-state index contributed by atoms with van der Waals surface area (Å²) in [7, 11) is 0. The monoisotopic (exact) mass is 367 g/mol. The predicted molar refractivity (Wildman–Crippen MR) is 91.3 cm³/mol. The molecule has 9 nitrogen and oxygen atoms in total. The minimum Gasteiger partial charge on any atom is -0.473 e. The van der Waals surface area contributed by atoms with E-state index in [0.717, 1.165) is 38.4 Å². The van der Waals surface area contributed by atoms with E-state index in [1.165, 1.54) is 12.1 Å². The van der Waals surface area contributed by atoms with E-state index in [0.29, 0.717) is 23.2 Å². The molecule has 0 spiro atoms. The summed E-state index contributed by atoms with van der Waals surface area (Å²) < 4.78 is 10.1. The maximum atomic E-state index is 10.8. The van der Waals surface area contributed by atoms with Crippen LogP contribution in [0.25, 0.3) is 0 Å². The lowest BCUT2D eigenvalue weighted by molar-refractivity contribution is -0.384. The van der Waals surface area contributed by atoms with Gasteiger partial charge in [-0.3, -0.25) is 15.0 Å². The van der Waals surface area contributed by atoms with Crippen molar-refractivity contribution in [1.29, 1.82) is 0 Å². The van der Waals surface area contributed by atoms with E-state index < -0.39 is 4.92 Å². The molecule has 0 unspecified atom stereocenters. The first-order valence-electron chi connectivity index (χ1n) is 7.88. The van der Waals surface area contributed by atoms with Crippen LogP contribution in [0.4, 0.5) is 11.4 Å². The highest BCUT2D eigenvalue weighted by molar-refractivity contribution is 6.33. The van der Waals surface area contributed by atoms with Crippen LogP contribution >= 0.6 is 11.6 Å². The number of anilines is 1. The highest BCUT2D eigenvalue weighted by Crippen LogP contribution is 2.30. The summed E-state index contributed by atoms with van der Waals surface area (Å²) in [4.78, 5) is 14.8. The minimum atomic E-state index is -0.445. The molecule has 0 aliphatic carbocycles. The van der Waals surface area contributed by atoms with Gasteiger partial charge in [0.1, 0.15) is 12.3 Å². The van der Waals surface area contributed by atoms with Gasteiger partial charge in [0.2, 0.25) is 0 Å². The smallest absolute Gasteiger partial charge is 0.278 e. The highest BCUT2D eigenvalue weighted by atomic mass is 35.5. The number of non-ortho nitro benzene ring substituents is 1. The number of rotatable bonds is 6. The third-order valence-electron chi connectivity index (χ3n) is 4.11. The lowest BCUT2D eigenvalue weighted by Gasteiger charge is -2.36. The van der Waals surface area contributed by atoms with Crippen LogP contribution in [0.15, 0.2) is 22.8 Å². The van der Waals surface area contributed by atoms with Crippen molar-refractivity contribution >= 4 is 23.0 Å². The maximum Gasteiger partial charge on any atom is 0.278 e. The van der Waals surface area contributed by atoms with E-state index >= 15 is 0 Å². The number of benzene rings is 1. The van der Waals surface area contributed by atoms with E-state index in [-0.39, 0.29) is 5.69 Å². The quantitative estimate of drug-likeness (QED) is 0.565. The average Bonchev–Trinajstić information content (AvgIpc) is 3.01. The van der Waals surface area contributed by atoms with Crippen LogP contribution in [0.2, 0.25) is 5.02 Å². The van der Waals surface area contributed by atoms with E-state index in [1.807, 2.05) is 0 Å². The van der Waals surface area contributed by atoms with Crippen LogP contribution < -0.4 is 9.64 Å². The van der Waals surface area contributed by atoms with Crippen LogP contribution in [0, 0.1) is 17.0 Å². The Morgan fingerprint density at radius 1 is 1.32 bits per heavy atom. The first-order valence-corrected chi connectivity index (χ1v) is 8.25. The Morgan fingerprint density at radius 2 is 2.08 bits per heavy atom. The SMILES string of the molecule is Cc1nonc1OCCN1CCN(c2ccc([N+](=O)[O-])cc2Cl)CC1. The lowest BCUT2D eigenvalue weighted by atomic mass is 10.2. The first kappa shape index (κ1) is 17.4. The third kappa shape index (κ3) is 4.18. The average molecular weight is 368 g/mol. The number of hydrogen-bond donors (Lipinski definition) is 0. The number of aromatic nitrogens is 2. The van der Waals surface area contributed by atoms with Crippen molar-refractivity contribution in [2.24, 2.45) is 0 Å². The third-order valence-corrected chi connectivity index (χ3v) is 4.42. The summed E-state index contributed by atoms with van der Waals surface area (Å²) in [6.07, 6.45) is 0. The number of nitro benzene ring substituents is 1. The number of halogens is 1. The van der Waals surface area contributed by atoms with E-state index in [2.05, 4.69) is 24.7 Å². The Balaban J connectivity index is 1.48. The molecule has 1 aromatic carbocycles. The fourth-order valence-corrected chi connectivity index (χ4v) is 3.00. The van der Waals surface area contributed by atoms with Gasteiger partial charge in [-0.1, -0.05) is 16.8 Å². The van der Waals surface area contributed by atoms with Crippen LogP contribution in [0.3, 0.4) is 0 Å². The molecule has 10 heteroatoms. The molecule has 134 valence electrons. The number of nitro groups is 1. The molecular weight excluding hydrogens is 350 g/mol. The normalized spacial score (nSPS) is 15.4. The minimum absolute atomic E-state index is 0.00201. The molecule has 25 heavy (non-hydrogen) atoms. The molecule has 0 bridgehead atoms. The number of aryl methyl sites for hydroxylation is 1. The van der Waals surface area contributed by atoms with Gasteiger partial charge in [0.15, 0.2) is 0 Å². The van der Waals surface area contributed by atoms with Gasteiger partial charge < -0.3 is 9.64 Å². The molecule has 2 aromatic rings. The maximum absolute atomic E-state index is 10.8. The number of piperazine rings is 1. The molecule has 0 N–H and O–H groups in total. The second-order valence-electron chi connectivity index (χ2n) is 5.72. The summed E-state index contributed by atoms with van der Waals surface area (Å²) in [5.74, 6) is 0.427. The van der Waals surface area contributed by atoms with Gasteiger partial charge >= 0.3 is 0 Å². The Bertz CT molecular complexity index is 745. The van der Waals surface area contributed by atoms with Gasteiger partial charge in [-0.05, 0) is 18.1 Å². The fourth-order valence-electron chi connectivity index (χ4n) is 2.70. The molecule has 0 atom stereocenters. The van der Waals surface area contributed by atoms with E-state index in [9.17, 15) is 10.1 Å². The van der Waals surface area contributed by atoms with Crippen LogP contribution in [-0.4, -0.2) is 59.5 Å². The molecule has 3 rings (SSSR count). The topological polar surface area (TPSA) is 97.8 Å². The van der Waals surface area contributed by atoms with Crippen LogP contribution in [-0.2, 0) is 0 Å². The van der Waals surface area contributed by atoms with Crippen LogP contribution in [0.5, 0.6) is 5.88 Å².